The number of hydrogen-bond acceptors (Lipinski definition) is 4. The average molecular weight is 473 g/mol. The van der Waals surface area contributed by atoms with Crippen molar-refractivity contribution in [2.75, 3.05) is 6.61 Å². The van der Waals surface area contributed by atoms with Gasteiger partial charge in [0, 0.05) is 22.7 Å². The van der Waals surface area contributed by atoms with Crippen molar-refractivity contribution in [2.24, 2.45) is 50.2 Å². The second-order valence-electron chi connectivity index (χ2n) is 15.8. The van der Waals surface area contributed by atoms with E-state index in [-0.39, 0.29) is 56.2 Å². The minimum Gasteiger partial charge on any atom is -0.393 e. The van der Waals surface area contributed by atoms with E-state index < -0.39 is 11.7 Å². The lowest BCUT2D eigenvalue weighted by Crippen LogP contribution is -2.77. The molecule has 6 rings (SSSR count). The number of aliphatic hydroxyl groups is 2. The van der Waals surface area contributed by atoms with Gasteiger partial charge < -0.3 is 14.9 Å². The first-order chi connectivity index (χ1) is 15.6. The van der Waals surface area contributed by atoms with E-state index in [4.69, 9.17) is 4.74 Å². The molecule has 0 aromatic carbocycles. The Morgan fingerprint density at radius 2 is 1.50 bits per heavy atom. The van der Waals surface area contributed by atoms with Crippen molar-refractivity contribution in [3.8, 4) is 0 Å². The Hall–Kier alpha value is -0.450. The summed E-state index contributed by atoms with van der Waals surface area (Å²) in [7, 11) is 0. The molecule has 1 spiro atoms. The van der Waals surface area contributed by atoms with Crippen molar-refractivity contribution in [3.05, 3.63) is 0 Å². The minimum atomic E-state index is -0.957. The fourth-order valence-electron chi connectivity index (χ4n) is 11.7. The lowest BCUT2D eigenvalue weighted by molar-refractivity contribution is -0.265. The first-order valence-corrected chi connectivity index (χ1v) is 14.2. The van der Waals surface area contributed by atoms with Crippen LogP contribution in [0.1, 0.15) is 106 Å². The molecule has 0 unspecified atom stereocenters. The minimum absolute atomic E-state index is 0.00699. The van der Waals surface area contributed by atoms with Gasteiger partial charge in [0.05, 0.1) is 12.7 Å². The molecule has 1 saturated heterocycles. The van der Waals surface area contributed by atoms with Crippen molar-refractivity contribution < 1.29 is 19.7 Å². The van der Waals surface area contributed by atoms with Gasteiger partial charge in [0.1, 0.15) is 11.7 Å². The third kappa shape index (κ3) is 2.37. The summed E-state index contributed by atoms with van der Waals surface area (Å²) in [6, 6.07) is 0. The molecule has 0 amide bonds. The second-order valence-corrected chi connectivity index (χ2v) is 15.8. The Morgan fingerprint density at radius 1 is 0.824 bits per heavy atom. The van der Waals surface area contributed by atoms with Crippen LogP contribution in [-0.2, 0) is 9.53 Å². The molecule has 192 valence electrons. The highest BCUT2D eigenvalue weighted by Gasteiger charge is 2.84. The molecule has 5 saturated carbocycles. The zero-order valence-electron chi connectivity index (χ0n) is 22.7. The van der Waals surface area contributed by atoms with Crippen LogP contribution in [0.3, 0.4) is 0 Å². The number of carbonyl (C=O) groups excluding carboxylic acids is 1. The van der Waals surface area contributed by atoms with Gasteiger partial charge in [-0.05, 0) is 85.4 Å². The van der Waals surface area contributed by atoms with Crippen LogP contribution in [-0.4, -0.2) is 40.4 Å². The van der Waals surface area contributed by atoms with E-state index in [9.17, 15) is 15.0 Å². The smallest absolute Gasteiger partial charge is 0.194 e. The number of aliphatic hydroxyl groups excluding tert-OH is 2. The van der Waals surface area contributed by atoms with Gasteiger partial charge in [-0.3, -0.25) is 4.79 Å². The van der Waals surface area contributed by atoms with E-state index in [2.05, 4.69) is 48.5 Å². The molecule has 1 heterocycles. The number of carbonyl (C=O) groups is 1. The first kappa shape index (κ1) is 23.9. The van der Waals surface area contributed by atoms with Crippen LogP contribution >= 0.6 is 0 Å². The summed E-state index contributed by atoms with van der Waals surface area (Å²) in [6.07, 6.45) is 7.99. The molecule has 2 bridgehead atoms. The summed E-state index contributed by atoms with van der Waals surface area (Å²) in [5.41, 5.74) is -1.29. The van der Waals surface area contributed by atoms with Gasteiger partial charge in [0.25, 0.3) is 0 Å². The molecule has 2 N–H and O–H groups in total. The number of ketones is 1. The monoisotopic (exact) mass is 472 g/mol. The third-order valence-corrected chi connectivity index (χ3v) is 13.8. The van der Waals surface area contributed by atoms with E-state index in [1.54, 1.807) is 0 Å². The number of ether oxygens (including phenoxy) is 1. The normalized spacial score (nSPS) is 59.4. The molecule has 0 aromatic rings. The Balaban J connectivity index is 1.52. The SMILES string of the molecule is CC1(C)CC[C@]2(C)CC[C@@]3(C)[C@]45CC[C@H]6C(C)(C)[C@@H](O)CC[C@]6(C)[C@H]4[C@H](O)C(=O)[C@]3(OC5)[C@@H]2C1. The number of Topliss-reactive ketones (excluding diaryl/α,β-unsaturated/α-hetero) is 1. The summed E-state index contributed by atoms with van der Waals surface area (Å²) in [6.45, 7) is 16.9. The number of fused-ring (bicyclic) bond motifs is 3. The molecule has 5 aliphatic carbocycles. The van der Waals surface area contributed by atoms with E-state index in [0.717, 1.165) is 51.4 Å². The maximum Gasteiger partial charge on any atom is 0.194 e. The van der Waals surface area contributed by atoms with Crippen molar-refractivity contribution in [3.63, 3.8) is 0 Å². The highest BCUT2D eigenvalue weighted by atomic mass is 16.5. The van der Waals surface area contributed by atoms with Gasteiger partial charge in [0.2, 0.25) is 0 Å². The molecule has 4 heteroatoms. The predicted molar refractivity (Wildman–Crippen MR) is 132 cm³/mol. The van der Waals surface area contributed by atoms with Gasteiger partial charge in [-0.1, -0.05) is 48.5 Å². The van der Waals surface area contributed by atoms with Crippen LogP contribution in [0.5, 0.6) is 0 Å². The molecule has 6 aliphatic rings. The van der Waals surface area contributed by atoms with Gasteiger partial charge >= 0.3 is 0 Å². The highest BCUT2D eigenvalue weighted by molar-refractivity contribution is 5.95. The van der Waals surface area contributed by atoms with Crippen molar-refractivity contribution in [1.29, 1.82) is 0 Å². The van der Waals surface area contributed by atoms with Gasteiger partial charge in [-0.15, -0.1) is 0 Å². The first-order valence-electron chi connectivity index (χ1n) is 14.2. The van der Waals surface area contributed by atoms with Gasteiger partial charge in [-0.2, -0.15) is 0 Å². The quantitative estimate of drug-likeness (QED) is 0.486. The summed E-state index contributed by atoms with van der Waals surface area (Å²) in [5, 5.41) is 23.0. The highest BCUT2D eigenvalue weighted by Crippen LogP contribution is 2.80. The van der Waals surface area contributed by atoms with Gasteiger partial charge in [-0.25, -0.2) is 0 Å². The molecule has 6 fully saturated rings. The van der Waals surface area contributed by atoms with Crippen molar-refractivity contribution in [2.45, 2.75) is 124 Å². The summed E-state index contributed by atoms with van der Waals surface area (Å²) >= 11 is 0. The zero-order chi connectivity index (χ0) is 24.7. The number of hydrogen-bond donors (Lipinski definition) is 2. The maximum atomic E-state index is 14.6. The second kappa shape index (κ2) is 6.51. The Bertz CT molecular complexity index is 925. The zero-order valence-corrected chi connectivity index (χ0v) is 22.7. The van der Waals surface area contributed by atoms with Crippen LogP contribution in [0, 0.1) is 50.2 Å². The van der Waals surface area contributed by atoms with E-state index in [1.807, 2.05) is 0 Å². The fourth-order valence-corrected chi connectivity index (χ4v) is 11.7. The van der Waals surface area contributed by atoms with Crippen LogP contribution in [0.25, 0.3) is 0 Å². The fraction of sp³-hybridized carbons (Fsp3) is 0.967. The summed E-state index contributed by atoms with van der Waals surface area (Å²) in [4.78, 5) is 14.6. The largest absolute Gasteiger partial charge is 0.393 e. The van der Waals surface area contributed by atoms with E-state index in [1.165, 1.54) is 6.42 Å². The molecule has 4 nitrogen and oxygen atoms in total. The summed E-state index contributed by atoms with van der Waals surface area (Å²) < 4.78 is 6.98. The molecular weight excluding hydrogens is 424 g/mol. The topological polar surface area (TPSA) is 66.8 Å². The summed E-state index contributed by atoms with van der Waals surface area (Å²) in [5.74, 6) is 0.410. The molecule has 10 atom stereocenters. The van der Waals surface area contributed by atoms with Crippen LogP contribution < -0.4 is 0 Å². The van der Waals surface area contributed by atoms with Gasteiger partial charge in [0.15, 0.2) is 5.78 Å². The molecule has 0 radical (unpaired) electrons. The van der Waals surface area contributed by atoms with E-state index >= 15 is 0 Å². The van der Waals surface area contributed by atoms with Crippen LogP contribution in [0.2, 0.25) is 0 Å². The van der Waals surface area contributed by atoms with E-state index in [0.29, 0.717) is 12.5 Å². The van der Waals surface area contributed by atoms with Crippen LogP contribution in [0.15, 0.2) is 0 Å². The lowest BCUT2D eigenvalue weighted by atomic mass is 9.30. The number of rotatable bonds is 0. The Kier molecular flexibility index (Phi) is 4.58. The Labute approximate surface area is 206 Å². The van der Waals surface area contributed by atoms with Crippen molar-refractivity contribution >= 4 is 5.78 Å². The average Bonchev–Trinajstić information content (AvgIpc) is 2.94. The van der Waals surface area contributed by atoms with Crippen LogP contribution in [0.4, 0.5) is 0 Å². The molecule has 0 aromatic heterocycles. The molecule has 34 heavy (non-hydrogen) atoms. The maximum absolute atomic E-state index is 14.6. The third-order valence-electron chi connectivity index (χ3n) is 13.8. The van der Waals surface area contributed by atoms with Crippen molar-refractivity contribution in [1.82, 2.24) is 0 Å². The standard InChI is InChI=1S/C30H48O4/c1-24(2)12-13-26(5)14-15-28(7)29-11-8-18-25(3,4)20(31)9-10-27(18,6)22(29)21(32)23(33)30(28,34-17-29)19(26)16-24/h18-22,31-32H,8-17H2,1-7H3/t18-,19+,20-,21-,22+,26+,27-,28-,29-,30+/m0/s1. The molecule has 1 aliphatic heterocycles. The Morgan fingerprint density at radius 3 is 2.21 bits per heavy atom. The predicted octanol–water partition coefficient (Wildman–Crippen LogP) is 5.53. The molecular formula is C30H48O4. The lowest BCUT2D eigenvalue weighted by Gasteiger charge is -2.72.